The highest BCUT2D eigenvalue weighted by Crippen LogP contribution is 2.12. The fraction of sp³-hybridized carbons (Fsp3) is 0.308. The Balaban J connectivity index is 2.89. The van der Waals surface area contributed by atoms with Crippen molar-refractivity contribution in [2.45, 2.75) is 24.3 Å². The van der Waals surface area contributed by atoms with Crippen LogP contribution in [-0.2, 0) is 14.8 Å². The van der Waals surface area contributed by atoms with Crippen molar-refractivity contribution in [3.05, 3.63) is 35.9 Å². The SMILES string of the molecule is CC[C@H](CO)NS(=O)(=O)c1ccc(/C=C/C(=O)O)cc1. The molecule has 0 heterocycles. The Kier molecular flexibility index (Phi) is 5.87. The Bertz CT molecular complexity index is 573. The van der Waals surface area contributed by atoms with Gasteiger partial charge in [0.2, 0.25) is 10.0 Å². The lowest BCUT2D eigenvalue weighted by Crippen LogP contribution is -2.36. The fourth-order valence-corrected chi connectivity index (χ4v) is 2.77. The van der Waals surface area contributed by atoms with E-state index in [2.05, 4.69) is 4.72 Å². The summed E-state index contributed by atoms with van der Waals surface area (Å²) in [6.07, 6.45) is 2.82. The molecular weight excluding hydrogens is 282 g/mol. The Morgan fingerprint density at radius 3 is 2.40 bits per heavy atom. The standard InChI is InChI=1S/C13H17NO5S/c1-2-11(9-15)14-20(18,19)12-6-3-10(4-7-12)5-8-13(16)17/h3-8,11,14-15H,2,9H2,1H3,(H,16,17)/b8-5+/t11-/m1/s1. The molecule has 6 nitrogen and oxygen atoms in total. The van der Waals surface area contributed by atoms with E-state index in [0.717, 1.165) is 6.08 Å². The van der Waals surface area contributed by atoms with Crippen LogP contribution in [0.15, 0.2) is 35.2 Å². The second-order valence-corrected chi connectivity index (χ2v) is 5.86. The van der Waals surface area contributed by atoms with E-state index in [-0.39, 0.29) is 11.5 Å². The number of carboxylic acid groups (broad SMARTS) is 1. The topological polar surface area (TPSA) is 104 Å². The van der Waals surface area contributed by atoms with Gasteiger partial charge in [0.05, 0.1) is 11.5 Å². The maximum atomic E-state index is 12.0. The van der Waals surface area contributed by atoms with Crippen LogP contribution in [0.3, 0.4) is 0 Å². The van der Waals surface area contributed by atoms with Crippen molar-refractivity contribution in [3.8, 4) is 0 Å². The van der Waals surface area contributed by atoms with E-state index in [4.69, 9.17) is 10.2 Å². The van der Waals surface area contributed by atoms with Gasteiger partial charge in [0.1, 0.15) is 0 Å². The highest BCUT2D eigenvalue weighted by atomic mass is 32.2. The van der Waals surface area contributed by atoms with Crippen molar-refractivity contribution in [1.82, 2.24) is 4.72 Å². The first kappa shape index (κ1) is 16.4. The molecule has 1 aromatic rings. The van der Waals surface area contributed by atoms with E-state index in [9.17, 15) is 13.2 Å². The predicted molar refractivity (Wildman–Crippen MR) is 74.6 cm³/mol. The molecule has 0 aliphatic carbocycles. The number of rotatable bonds is 7. The number of sulfonamides is 1. The van der Waals surface area contributed by atoms with Gasteiger partial charge in [-0.25, -0.2) is 17.9 Å². The molecule has 0 amide bonds. The normalized spacial score (nSPS) is 13.5. The second kappa shape index (κ2) is 7.18. The summed E-state index contributed by atoms with van der Waals surface area (Å²) in [6.45, 7) is 1.50. The molecular formula is C13H17NO5S. The average Bonchev–Trinajstić information content (AvgIpc) is 2.43. The van der Waals surface area contributed by atoms with Gasteiger partial charge < -0.3 is 10.2 Å². The molecule has 0 aliphatic heterocycles. The van der Waals surface area contributed by atoms with Gasteiger partial charge in [-0.3, -0.25) is 0 Å². The number of aliphatic hydroxyl groups is 1. The van der Waals surface area contributed by atoms with E-state index >= 15 is 0 Å². The summed E-state index contributed by atoms with van der Waals surface area (Å²) < 4.78 is 26.4. The van der Waals surface area contributed by atoms with Crippen LogP contribution in [0.5, 0.6) is 0 Å². The molecule has 20 heavy (non-hydrogen) atoms. The molecule has 1 aromatic carbocycles. The van der Waals surface area contributed by atoms with Gasteiger partial charge >= 0.3 is 5.97 Å². The van der Waals surface area contributed by atoms with Crippen LogP contribution in [0.2, 0.25) is 0 Å². The molecule has 7 heteroatoms. The average molecular weight is 299 g/mol. The number of aliphatic hydroxyl groups excluding tert-OH is 1. The molecule has 3 N–H and O–H groups in total. The third-order valence-electron chi connectivity index (χ3n) is 2.64. The number of hydrogen-bond donors (Lipinski definition) is 3. The summed E-state index contributed by atoms with van der Waals surface area (Å²) >= 11 is 0. The van der Waals surface area contributed by atoms with Crippen LogP contribution in [0, 0.1) is 0 Å². The highest BCUT2D eigenvalue weighted by Gasteiger charge is 2.18. The van der Waals surface area contributed by atoms with E-state index < -0.39 is 22.0 Å². The van der Waals surface area contributed by atoms with Crippen molar-refractivity contribution in [2.75, 3.05) is 6.61 Å². The zero-order valence-corrected chi connectivity index (χ0v) is 11.8. The lowest BCUT2D eigenvalue weighted by Gasteiger charge is -2.14. The fourth-order valence-electron chi connectivity index (χ4n) is 1.46. The van der Waals surface area contributed by atoms with E-state index in [0.29, 0.717) is 12.0 Å². The van der Waals surface area contributed by atoms with E-state index in [1.165, 1.54) is 30.3 Å². The molecule has 0 radical (unpaired) electrons. The summed E-state index contributed by atoms with van der Waals surface area (Å²) in [5, 5.41) is 17.5. The molecule has 0 fully saturated rings. The van der Waals surface area contributed by atoms with Crippen molar-refractivity contribution >= 4 is 22.1 Å². The maximum Gasteiger partial charge on any atom is 0.328 e. The molecule has 110 valence electrons. The third-order valence-corrected chi connectivity index (χ3v) is 4.18. The summed E-state index contributed by atoms with van der Waals surface area (Å²) in [4.78, 5) is 10.4. The van der Waals surface area contributed by atoms with Gasteiger partial charge in [-0.2, -0.15) is 0 Å². The van der Waals surface area contributed by atoms with Crippen LogP contribution in [0.25, 0.3) is 6.08 Å². The lowest BCUT2D eigenvalue weighted by molar-refractivity contribution is -0.131. The van der Waals surface area contributed by atoms with Crippen molar-refractivity contribution in [2.24, 2.45) is 0 Å². The minimum Gasteiger partial charge on any atom is -0.478 e. The number of benzene rings is 1. The summed E-state index contributed by atoms with van der Waals surface area (Å²) in [7, 11) is -3.68. The molecule has 0 saturated heterocycles. The second-order valence-electron chi connectivity index (χ2n) is 4.15. The Morgan fingerprint density at radius 1 is 1.35 bits per heavy atom. The summed E-state index contributed by atoms with van der Waals surface area (Å²) in [5.74, 6) is -1.07. The number of hydrogen-bond acceptors (Lipinski definition) is 4. The van der Waals surface area contributed by atoms with E-state index in [1.807, 2.05) is 0 Å². The van der Waals surface area contributed by atoms with Crippen molar-refractivity contribution in [3.63, 3.8) is 0 Å². The van der Waals surface area contributed by atoms with Crippen LogP contribution >= 0.6 is 0 Å². The minimum atomic E-state index is -3.68. The first-order valence-electron chi connectivity index (χ1n) is 6.03. The van der Waals surface area contributed by atoms with Crippen LogP contribution in [-0.4, -0.2) is 37.2 Å². The molecule has 0 spiro atoms. The Hall–Kier alpha value is -1.70. The molecule has 0 saturated carbocycles. The Morgan fingerprint density at radius 2 is 1.95 bits per heavy atom. The molecule has 0 aromatic heterocycles. The maximum absolute atomic E-state index is 12.0. The van der Waals surface area contributed by atoms with Gasteiger partial charge in [0.25, 0.3) is 0 Å². The molecule has 0 unspecified atom stereocenters. The third kappa shape index (κ3) is 4.76. The van der Waals surface area contributed by atoms with Crippen LogP contribution < -0.4 is 4.72 Å². The molecule has 1 atom stereocenters. The minimum absolute atomic E-state index is 0.0666. The summed E-state index contributed by atoms with van der Waals surface area (Å²) in [6, 6.07) is 5.26. The van der Waals surface area contributed by atoms with Crippen LogP contribution in [0.4, 0.5) is 0 Å². The van der Waals surface area contributed by atoms with Gasteiger partial charge in [0.15, 0.2) is 0 Å². The van der Waals surface area contributed by atoms with Gasteiger partial charge in [-0.1, -0.05) is 19.1 Å². The highest BCUT2D eigenvalue weighted by molar-refractivity contribution is 7.89. The van der Waals surface area contributed by atoms with Gasteiger partial charge in [-0.05, 0) is 30.2 Å². The number of carboxylic acids is 1. The van der Waals surface area contributed by atoms with Crippen molar-refractivity contribution in [1.29, 1.82) is 0 Å². The number of aliphatic carboxylic acids is 1. The zero-order chi connectivity index (χ0) is 15.2. The first-order valence-corrected chi connectivity index (χ1v) is 7.51. The number of carbonyl (C=O) groups is 1. The van der Waals surface area contributed by atoms with E-state index in [1.54, 1.807) is 6.92 Å². The quantitative estimate of drug-likeness (QED) is 0.647. The van der Waals surface area contributed by atoms with Crippen LogP contribution in [0.1, 0.15) is 18.9 Å². The largest absolute Gasteiger partial charge is 0.478 e. The van der Waals surface area contributed by atoms with Gasteiger partial charge in [0, 0.05) is 12.1 Å². The lowest BCUT2D eigenvalue weighted by atomic mass is 10.2. The Labute approximate surface area is 117 Å². The summed E-state index contributed by atoms with van der Waals surface area (Å²) in [5.41, 5.74) is 0.584. The number of nitrogens with one attached hydrogen (secondary N) is 1. The van der Waals surface area contributed by atoms with Crippen molar-refractivity contribution < 1.29 is 23.4 Å². The molecule has 0 aliphatic rings. The first-order chi connectivity index (χ1) is 9.39. The zero-order valence-electron chi connectivity index (χ0n) is 11.0. The molecule has 0 bridgehead atoms. The predicted octanol–water partition coefficient (Wildman–Crippen LogP) is 0.834. The van der Waals surface area contributed by atoms with Gasteiger partial charge in [-0.15, -0.1) is 0 Å². The molecule has 1 rings (SSSR count). The monoisotopic (exact) mass is 299 g/mol. The smallest absolute Gasteiger partial charge is 0.328 e.